The zero-order valence-corrected chi connectivity index (χ0v) is 15.8. The van der Waals surface area contributed by atoms with Gasteiger partial charge in [-0.05, 0) is 60.2 Å². The number of rotatable bonds is 6. The van der Waals surface area contributed by atoms with Crippen LogP contribution in [0.5, 0.6) is 5.75 Å². The van der Waals surface area contributed by atoms with Crippen LogP contribution in [0.4, 0.5) is 0 Å². The van der Waals surface area contributed by atoms with Crippen LogP contribution in [0.1, 0.15) is 46.0 Å². The van der Waals surface area contributed by atoms with Gasteiger partial charge in [-0.15, -0.1) is 0 Å². The van der Waals surface area contributed by atoms with E-state index in [2.05, 4.69) is 18.6 Å². The first kappa shape index (κ1) is 18.2. The number of sulfonamides is 1. The van der Waals surface area contributed by atoms with Crippen LogP contribution >= 0.6 is 0 Å². The first-order valence-electron chi connectivity index (χ1n) is 9.18. The maximum Gasteiger partial charge on any atom is 0.240 e. The molecule has 1 N–H and O–H groups in total. The fraction of sp³-hybridized carbons (Fsp3) is 0.500. The van der Waals surface area contributed by atoms with Crippen molar-refractivity contribution in [3.8, 4) is 5.75 Å². The van der Waals surface area contributed by atoms with Crippen molar-refractivity contribution in [2.45, 2.75) is 56.9 Å². The Balaban J connectivity index is 1.82. The highest BCUT2D eigenvalue weighted by Gasteiger charge is 2.26. The minimum atomic E-state index is -3.49. The third-order valence-electron chi connectivity index (χ3n) is 4.98. The van der Waals surface area contributed by atoms with Gasteiger partial charge in [-0.25, -0.2) is 13.1 Å². The van der Waals surface area contributed by atoms with Crippen LogP contribution in [0.15, 0.2) is 41.3 Å². The SMILES string of the molecule is CCCOc1ccc2cc(S(=O)(=O)NC3CCCCC3C)ccc2c1. The average molecular weight is 362 g/mol. The molecule has 0 aliphatic heterocycles. The molecule has 3 rings (SSSR count). The predicted molar refractivity (Wildman–Crippen MR) is 101 cm³/mol. The molecule has 1 aliphatic carbocycles. The molecule has 0 saturated heterocycles. The molecule has 1 fully saturated rings. The molecule has 5 heteroatoms. The summed E-state index contributed by atoms with van der Waals surface area (Å²) in [5.74, 6) is 1.21. The second-order valence-electron chi connectivity index (χ2n) is 7.01. The second kappa shape index (κ2) is 7.75. The predicted octanol–water partition coefficient (Wildman–Crippen LogP) is 4.49. The van der Waals surface area contributed by atoms with Gasteiger partial charge in [0.2, 0.25) is 10.0 Å². The highest BCUT2D eigenvalue weighted by Crippen LogP contribution is 2.27. The average Bonchev–Trinajstić information content (AvgIpc) is 2.61. The van der Waals surface area contributed by atoms with E-state index in [4.69, 9.17) is 4.74 Å². The van der Waals surface area contributed by atoms with E-state index in [0.29, 0.717) is 17.4 Å². The van der Waals surface area contributed by atoms with Crippen LogP contribution < -0.4 is 9.46 Å². The molecule has 2 unspecified atom stereocenters. The first-order chi connectivity index (χ1) is 12.0. The molecule has 0 bridgehead atoms. The van der Waals surface area contributed by atoms with Gasteiger partial charge in [-0.2, -0.15) is 0 Å². The Kier molecular flexibility index (Phi) is 5.64. The number of fused-ring (bicyclic) bond motifs is 1. The van der Waals surface area contributed by atoms with E-state index in [9.17, 15) is 8.42 Å². The highest BCUT2D eigenvalue weighted by atomic mass is 32.2. The molecule has 1 aliphatic rings. The van der Waals surface area contributed by atoms with E-state index in [1.54, 1.807) is 12.1 Å². The summed E-state index contributed by atoms with van der Waals surface area (Å²) in [6.07, 6.45) is 5.26. The Labute approximate surface area is 150 Å². The summed E-state index contributed by atoms with van der Waals surface area (Å²) in [5, 5.41) is 1.89. The molecule has 0 spiro atoms. The van der Waals surface area contributed by atoms with Crippen molar-refractivity contribution >= 4 is 20.8 Å². The van der Waals surface area contributed by atoms with Gasteiger partial charge in [0.05, 0.1) is 11.5 Å². The molecule has 1 saturated carbocycles. The smallest absolute Gasteiger partial charge is 0.240 e. The van der Waals surface area contributed by atoms with E-state index >= 15 is 0 Å². The molecule has 0 radical (unpaired) electrons. The van der Waals surface area contributed by atoms with Crippen molar-refractivity contribution in [2.75, 3.05) is 6.61 Å². The summed E-state index contributed by atoms with van der Waals surface area (Å²) < 4.78 is 34.1. The van der Waals surface area contributed by atoms with Crippen molar-refractivity contribution in [3.63, 3.8) is 0 Å². The van der Waals surface area contributed by atoms with Gasteiger partial charge in [0, 0.05) is 6.04 Å². The van der Waals surface area contributed by atoms with Crippen LogP contribution in [0.2, 0.25) is 0 Å². The number of benzene rings is 2. The molecular formula is C20H27NO3S. The third-order valence-corrected chi connectivity index (χ3v) is 6.47. The summed E-state index contributed by atoms with van der Waals surface area (Å²) in [6, 6.07) is 11.1. The number of ether oxygens (including phenoxy) is 1. The lowest BCUT2D eigenvalue weighted by molar-refractivity contribution is 0.310. The van der Waals surface area contributed by atoms with Gasteiger partial charge in [-0.3, -0.25) is 0 Å². The Bertz CT molecular complexity index is 832. The largest absolute Gasteiger partial charge is 0.494 e. The zero-order chi connectivity index (χ0) is 17.9. The highest BCUT2D eigenvalue weighted by molar-refractivity contribution is 7.89. The lowest BCUT2D eigenvalue weighted by atomic mass is 9.87. The Hall–Kier alpha value is -1.59. The van der Waals surface area contributed by atoms with Gasteiger partial charge in [0.1, 0.15) is 5.75 Å². The van der Waals surface area contributed by atoms with Crippen LogP contribution in [0.25, 0.3) is 10.8 Å². The zero-order valence-electron chi connectivity index (χ0n) is 15.0. The third kappa shape index (κ3) is 4.33. The van der Waals surface area contributed by atoms with Gasteiger partial charge < -0.3 is 4.74 Å². The maximum atomic E-state index is 12.8. The topological polar surface area (TPSA) is 55.4 Å². The Morgan fingerprint density at radius 2 is 1.80 bits per heavy atom. The number of hydrogen-bond donors (Lipinski definition) is 1. The van der Waals surface area contributed by atoms with Crippen LogP contribution in [0, 0.1) is 5.92 Å². The quantitative estimate of drug-likeness (QED) is 0.825. The molecule has 2 aromatic rings. The van der Waals surface area contributed by atoms with E-state index in [1.165, 1.54) is 6.42 Å². The number of hydrogen-bond acceptors (Lipinski definition) is 3. The Morgan fingerprint density at radius 3 is 2.56 bits per heavy atom. The fourth-order valence-electron chi connectivity index (χ4n) is 3.44. The molecule has 0 heterocycles. The minimum absolute atomic E-state index is 0.0410. The van der Waals surface area contributed by atoms with Crippen LogP contribution in [0.3, 0.4) is 0 Å². The molecule has 2 aromatic carbocycles. The van der Waals surface area contributed by atoms with Gasteiger partial charge in [0.25, 0.3) is 0 Å². The summed E-state index contributed by atoms with van der Waals surface area (Å²) in [7, 11) is -3.49. The Morgan fingerprint density at radius 1 is 1.08 bits per heavy atom. The molecule has 4 nitrogen and oxygen atoms in total. The van der Waals surface area contributed by atoms with Crippen LogP contribution in [-0.2, 0) is 10.0 Å². The first-order valence-corrected chi connectivity index (χ1v) is 10.7. The monoisotopic (exact) mass is 361 g/mol. The summed E-state index contributed by atoms with van der Waals surface area (Å²) in [5.41, 5.74) is 0. The van der Waals surface area contributed by atoms with Gasteiger partial charge in [-0.1, -0.05) is 38.8 Å². The van der Waals surface area contributed by atoms with E-state index in [0.717, 1.165) is 42.2 Å². The van der Waals surface area contributed by atoms with Crippen molar-refractivity contribution < 1.29 is 13.2 Å². The minimum Gasteiger partial charge on any atom is -0.494 e. The molecule has 25 heavy (non-hydrogen) atoms. The summed E-state index contributed by atoms with van der Waals surface area (Å²) >= 11 is 0. The lowest BCUT2D eigenvalue weighted by Gasteiger charge is -2.29. The van der Waals surface area contributed by atoms with E-state index in [-0.39, 0.29) is 6.04 Å². The fourth-order valence-corrected chi connectivity index (χ4v) is 4.85. The number of nitrogens with one attached hydrogen (secondary N) is 1. The molecular weight excluding hydrogens is 334 g/mol. The molecule has 2 atom stereocenters. The van der Waals surface area contributed by atoms with Crippen LogP contribution in [-0.4, -0.2) is 21.1 Å². The summed E-state index contributed by atoms with van der Waals surface area (Å²) in [6.45, 7) is 4.88. The van der Waals surface area contributed by atoms with E-state index in [1.807, 2.05) is 24.3 Å². The molecule has 0 amide bonds. The normalized spacial score (nSPS) is 21.4. The van der Waals surface area contributed by atoms with Crippen molar-refractivity contribution in [1.29, 1.82) is 0 Å². The van der Waals surface area contributed by atoms with Crippen molar-refractivity contribution in [2.24, 2.45) is 5.92 Å². The maximum absolute atomic E-state index is 12.8. The van der Waals surface area contributed by atoms with Gasteiger partial charge in [0.15, 0.2) is 0 Å². The van der Waals surface area contributed by atoms with E-state index < -0.39 is 10.0 Å². The van der Waals surface area contributed by atoms with Crippen molar-refractivity contribution in [1.82, 2.24) is 4.72 Å². The molecule has 136 valence electrons. The summed E-state index contributed by atoms with van der Waals surface area (Å²) in [4.78, 5) is 0.333. The van der Waals surface area contributed by atoms with Crippen molar-refractivity contribution in [3.05, 3.63) is 36.4 Å². The lowest BCUT2D eigenvalue weighted by Crippen LogP contribution is -2.40. The van der Waals surface area contributed by atoms with Gasteiger partial charge >= 0.3 is 0 Å². The standard InChI is InChI=1S/C20H27NO3S/c1-3-12-24-18-10-8-17-14-19(11-9-16(17)13-18)25(22,23)21-20-7-5-4-6-15(20)2/h8-11,13-15,20-21H,3-7,12H2,1-2H3. The molecule has 0 aromatic heterocycles. The second-order valence-corrected chi connectivity index (χ2v) is 8.72.